The van der Waals surface area contributed by atoms with Crippen molar-refractivity contribution >= 4 is 0 Å². The lowest BCUT2D eigenvalue weighted by Crippen LogP contribution is -2.53. The SMILES string of the molecule is CC1CN(Cc2cn(Cc3cccnc3)nn2)C(C)CN1. The van der Waals surface area contributed by atoms with Gasteiger partial charge in [-0.05, 0) is 25.5 Å². The molecule has 3 heterocycles. The minimum absolute atomic E-state index is 0.532. The monoisotopic (exact) mass is 286 g/mol. The van der Waals surface area contributed by atoms with Crippen LogP contribution >= 0.6 is 0 Å². The fraction of sp³-hybridized carbons (Fsp3) is 0.533. The van der Waals surface area contributed by atoms with Gasteiger partial charge < -0.3 is 5.32 Å². The Morgan fingerprint density at radius 2 is 2.24 bits per heavy atom. The maximum Gasteiger partial charge on any atom is 0.0967 e. The van der Waals surface area contributed by atoms with Gasteiger partial charge in [0.2, 0.25) is 0 Å². The smallest absolute Gasteiger partial charge is 0.0967 e. The molecule has 6 heteroatoms. The van der Waals surface area contributed by atoms with Gasteiger partial charge in [0, 0.05) is 44.1 Å². The zero-order valence-corrected chi connectivity index (χ0v) is 12.6. The van der Waals surface area contributed by atoms with Crippen molar-refractivity contribution in [3.63, 3.8) is 0 Å². The first-order chi connectivity index (χ1) is 10.2. The van der Waals surface area contributed by atoms with Crippen molar-refractivity contribution in [2.75, 3.05) is 13.1 Å². The van der Waals surface area contributed by atoms with E-state index in [0.717, 1.165) is 30.9 Å². The second-order valence-electron chi connectivity index (χ2n) is 5.86. The Bertz CT molecular complexity index is 567. The van der Waals surface area contributed by atoms with E-state index in [4.69, 9.17) is 0 Å². The fourth-order valence-electron chi connectivity index (χ4n) is 2.69. The van der Waals surface area contributed by atoms with Crippen LogP contribution in [0.25, 0.3) is 0 Å². The fourth-order valence-corrected chi connectivity index (χ4v) is 2.69. The normalized spacial score (nSPS) is 23.3. The van der Waals surface area contributed by atoms with Gasteiger partial charge in [0.15, 0.2) is 0 Å². The maximum absolute atomic E-state index is 4.30. The third-order valence-corrected chi connectivity index (χ3v) is 3.91. The second-order valence-corrected chi connectivity index (χ2v) is 5.86. The molecule has 2 atom stereocenters. The van der Waals surface area contributed by atoms with Crippen molar-refractivity contribution in [2.45, 2.75) is 39.0 Å². The summed E-state index contributed by atoms with van der Waals surface area (Å²) in [6.07, 6.45) is 5.68. The highest BCUT2D eigenvalue weighted by molar-refractivity contribution is 5.09. The van der Waals surface area contributed by atoms with Crippen molar-refractivity contribution < 1.29 is 0 Å². The first kappa shape index (κ1) is 14.2. The molecular formula is C15H22N6. The van der Waals surface area contributed by atoms with Gasteiger partial charge in [0.1, 0.15) is 0 Å². The van der Waals surface area contributed by atoms with Crippen molar-refractivity contribution in [1.82, 2.24) is 30.2 Å². The molecule has 6 nitrogen and oxygen atoms in total. The summed E-state index contributed by atoms with van der Waals surface area (Å²) in [5, 5.41) is 12.0. The van der Waals surface area contributed by atoms with Crippen LogP contribution in [0.2, 0.25) is 0 Å². The van der Waals surface area contributed by atoms with E-state index in [1.54, 1.807) is 6.20 Å². The van der Waals surface area contributed by atoms with Crippen molar-refractivity contribution in [2.24, 2.45) is 0 Å². The Morgan fingerprint density at radius 1 is 1.33 bits per heavy atom. The Kier molecular flexibility index (Phi) is 4.26. The number of nitrogens with zero attached hydrogens (tertiary/aromatic N) is 5. The molecule has 0 saturated carbocycles. The van der Waals surface area contributed by atoms with Gasteiger partial charge >= 0.3 is 0 Å². The molecule has 21 heavy (non-hydrogen) atoms. The van der Waals surface area contributed by atoms with E-state index in [1.807, 2.05) is 23.1 Å². The standard InChI is InChI=1S/C15H22N6/c1-12-8-20(13(2)6-17-12)10-15-11-21(19-18-15)9-14-4-3-5-16-7-14/h3-5,7,11-13,17H,6,8-10H2,1-2H3. The first-order valence-electron chi connectivity index (χ1n) is 7.46. The Morgan fingerprint density at radius 3 is 3.05 bits per heavy atom. The third kappa shape index (κ3) is 3.65. The molecular weight excluding hydrogens is 264 g/mol. The minimum Gasteiger partial charge on any atom is -0.311 e. The first-order valence-corrected chi connectivity index (χ1v) is 7.46. The average Bonchev–Trinajstić information content (AvgIpc) is 2.91. The van der Waals surface area contributed by atoms with Crippen LogP contribution in [0.15, 0.2) is 30.7 Å². The van der Waals surface area contributed by atoms with Crippen molar-refractivity contribution in [3.8, 4) is 0 Å². The molecule has 0 aliphatic carbocycles. The van der Waals surface area contributed by atoms with Crippen LogP contribution in [0.4, 0.5) is 0 Å². The quantitative estimate of drug-likeness (QED) is 0.905. The van der Waals surface area contributed by atoms with Gasteiger partial charge in [0.05, 0.1) is 18.4 Å². The zero-order chi connectivity index (χ0) is 14.7. The van der Waals surface area contributed by atoms with Crippen LogP contribution < -0.4 is 5.32 Å². The molecule has 2 aromatic heterocycles. The number of nitrogens with one attached hydrogen (secondary N) is 1. The predicted molar refractivity (Wildman–Crippen MR) is 80.7 cm³/mol. The zero-order valence-electron chi connectivity index (χ0n) is 12.6. The average molecular weight is 286 g/mol. The van der Waals surface area contributed by atoms with Crippen LogP contribution in [0.3, 0.4) is 0 Å². The molecule has 1 fully saturated rings. The summed E-state index contributed by atoms with van der Waals surface area (Å²) in [4.78, 5) is 6.58. The summed E-state index contributed by atoms with van der Waals surface area (Å²) < 4.78 is 1.88. The summed E-state index contributed by atoms with van der Waals surface area (Å²) in [7, 11) is 0. The van der Waals surface area contributed by atoms with Gasteiger partial charge in [0.25, 0.3) is 0 Å². The van der Waals surface area contributed by atoms with Gasteiger partial charge in [-0.15, -0.1) is 5.10 Å². The second kappa shape index (κ2) is 6.32. The molecule has 2 aromatic rings. The van der Waals surface area contributed by atoms with Gasteiger partial charge in [-0.1, -0.05) is 11.3 Å². The van der Waals surface area contributed by atoms with Crippen LogP contribution in [0.1, 0.15) is 25.1 Å². The van der Waals surface area contributed by atoms with Crippen molar-refractivity contribution in [3.05, 3.63) is 42.0 Å². The van der Waals surface area contributed by atoms with E-state index in [1.165, 1.54) is 0 Å². The molecule has 2 unspecified atom stereocenters. The van der Waals surface area contributed by atoms with E-state index < -0.39 is 0 Å². The third-order valence-electron chi connectivity index (χ3n) is 3.91. The number of pyridine rings is 1. The number of hydrogen-bond acceptors (Lipinski definition) is 5. The highest BCUT2D eigenvalue weighted by Gasteiger charge is 2.23. The maximum atomic E-state index is 4.30. The highest BCUT2D eigenvalue weighted by atomic mass is 15.4. The van der Waals surface area contributed by atoms with E-state index in [0.29, 0.717) is 18.6 Å². The Balaban J connectivity index is 1.62. The van der Waals surface area contributed by atoms with E-state index in [2.05, 4.69) is 45.4 Å². The molecule has 0 amide bonds. The molecule has 1 N–H and O–H groups in total. The topological polar surface area (TPSA) is 58.9 Å². The molecule has 3 rings (SSSR count). The van der Waals surface area contributed by atoms with Crippen LogP contribution in [0, 0.1) is 0 Å². The molecule has 1 saturated heterocycles. The number of hydrogen-bond donors (Lipinski definition) is 1. The minimum atomic E-state index is 0.532. The Hall–Kier alpha value is -1.79. The molecule has 1 aliphatic rings. The summed E-state index contributed by atoms with van der Waals surface area (Å²) in [5.41, 5.74) is 2.16. The van der Waals surface area contributed by atoms with Crippen LogP contribution in [0.5, 0.6) is 0 Å². The molecule has 112 valence electrons. The Labute approximate surface area is 125 Å². The van der Waals surface area contributed by atoms with Gasteiger partial charge in [-0.2, -0.15) is 0 Å². The summed E-state index contributed by atoms with van der Waals surface area (Å²) in [6.45, 7) is 8.13. The van der Waals surface area contributed by atoms with Gasteiger partial charge in [-0.25, -0.2) is 4.68 Å². The largest absolute Gasteiger partial charge is 0.311 e. The highest BCUT2D eigenvalue weighted by Crippen LogP contribution is 2.11. The number of rotatable bonds is 4. The lowest BCUT2D eigenvalue weighted by atomic mass is 10.1. The van der Waals surface area contributed by atoms with Crippen molar-refractivity contribution in [1.29, 1.82) is 0 Å². The summed E-state index contributed by atoms with van der Waals surface area (Å²) in [6, 6.07) is 5.06. The van der Waals surface area contributed by atoms with Gasteiger partial charge in [-0.3, -0.25) is 9.88 Å². The van der Waals surface area contributed by atoms with E-state index in [9.17, 15) is 0 Å². The summed E-state index contributed by atoms with van der Waals surface area (Å²) in [5.74, 6) is 0. The van der Waals surface area contributed by atoms with Crippen LogP contribution in [-0.4, -0.2) is 50.1 Å². The van der Waals surface area contributed by atoms with E-state index in [-0.39, 0.29) is 0 Å². The molecule has 1 aliphatic heterocycles. The number of aromatic nitrogens is 4. The number of piperazine rings is 1. The molecule has 0 spiro atoms. The molecule has 0 aromatic carbocycles. The lowest BCUT2D eigenvalue weighted by Gasteiger charge is -2.36. The molecule has 0 radical (unpaired) electrons. The van der Waals surface area contributed by atoms with E-state index >= 15 is 0 Å². The lowest BCUT2D eigenvalue weighted by molar-refractivity contribution is 0.137. The van der Waals surface area contributed by atoms with Crippen LogP contribution in [-0.2, 0) is 13.1 Å². The molecule has 0 bridgehead atoms. The summed E-state index contributed by atoms with van der Waals surface area (Å²) >= 11 is 0. The predicted octanol–water partition coefficient (Wildman–Crippen LogP) is 0.904.